The molecular formula is C19H15N3OS2. The minimum absolute atomic E-state index is 0.00586. The fraction of sp³-hybridized carbons (Fsp3) is 0.105. The van der Waals surface area contributed by atoms with Gasteiger partial charge >= 0.3 is 0 Å². The molecule has 25 heavy (non-hydrogen) atoms. The van der Waals surface area contributed by atoms with E-state index in [1.807, 2.05) is 54.8 Å². The first-order valence-electron chi connectivity index (χ1n) is 7.84. The Morgan fingerprint density at radius 2 is 2.12 bits per heavy atom. The molecule has 0 fully saturated rings. The van der Waals surface area contributed by atoms with E-state index in [0.29, 0.717) is 6.42 Å². The summed E-state index contributed by atoms with van der Waals surface area (Å²) in [4.78, 5) is 23.3. The summed E-state index contributed by atoms with van der Waals surface area (Å²) in [5.74, 6) is -0.00586. The van der Waals surface area contributed by atoms with Crippen molar-refractivity contribution in [1.82, 2.24) is 9.97 Å². The van der Waals surface area contributed by atoms with Gasteiger partial charge in [0.25, 0.3) is 0 Å². The number of thiazole rings is 1. The average molecular weight is 365 g/mol. The van der Waals surface area contributed by atoms with E-state index in [9.17, 15) is 4.79 Å². The summed E-state index contributed by atoms with van der Waals surface area (Å²) in [6.45, 7) is 1.99. The number of aromatic nitrogens is 2. The summed E-state index contributed by atoms with van der Waals surface area (Å²) in [7, 11) is 0. The monoisotopic (exact) mass is 365 g/mol. The van der Waals surface area contributed by atoms with Crippen LogP contribution in [0.1, 0.15) is 10.4 Å². The molecule has 6 heteroatoms. The molecule has 4 nitrogen and oxygen atoms in total. The summed E-state index contributed by atoms with van der Waals surface area (Å²) in [5, 5.41) is 5.91. The van der Waals surface area contributed by atoms with Gasteiger partial charge in [0.1, 0.15) is 15.4 Å². The average Bonchev–Trinajstić information content (AvgIpc) is 3.25. The summed E-state index contributed by atoms with van der Waals surface area (Å²) in [6.07, 6.45) is 2.17. The first-order valence-corrected chi connectivity index (χ1v) is 9.53. The van der Waals surface area contributed by atoms with Gasteiger partial charge in [-0.2, -0.15) is 0 Å². The first kappa shape index (κ1) is 15.9. The quantitative estimate of drug-likeness (QED) is 0.559. The van der Waals surface area contributed by atoms with Gasteiger partial charge in [0, 0.05) is 22.3 Å². The van der Waals surface area contributed by atoms with Gasteiger partial charge in [-0.15, -0.1) is 11.3 Å². The predicted molar refractivity (Wildman–Crippen MR) is 104 cm³/mol. The molecule has 1 aromatic carbocycles. The molecule has 4 aromatic rings. The number of rotatable bonds is 4. The molecular weight excluding hydrogens is 350 g/mol. The van der Waals surface area contributed by atoms with Crippen LogP contribution in [0.2, 0.25) is 0 Å². The third-order valence-corrected chi connectivity index (χ3v) is 5.74. The molecule has 0 radical (unpaired) electrons. The maximum Gasteiger partial charge on any atom is 0.229 e. The highest BCUT2D eigenvalue weighted by Gasteiger charge is 2.11. The maximum absolute atomic E-state index is 12.3. The van der Waals surface area contributed by atoms with E-state index >= 15 is 0 Å². The van der Waals surface area contributed by atoms with Crippen molar-refractivity contribution in [3.8, 4) is 10.6 Å². The summed E-state index contributed by atoms with van der Waals surface area (Å²) in [5.41, 5.74) is 3.74. The number of fused-ring (bicyclic) bond motifs is 1. The molecule has 1 amide bonds. The van der Waals surface area contributed by atoms with Gasteiger partial charge in [-0.1, -0.05) is 29.5 Å². The zero-order valence-corrected chi connectivity index (χ0v) is 15.2. The molecule has 0 aliphatic carbocycles. The lowest BCUT2D eigenvalue weighted by Crippen LogP contribution is -2.14. The zero-order chi connectivity index (χ0) is 17.2. The predicted octanol–water partition coefficient (Wildman–Crippen LogP) is 4.91. The van der Waals surface area contributed by atoms with Gasteiger partial charge < -0.3 is 5.32 Å². The number of nitrogens with one attached hydrogen (secondary N) is 1. The zero-order valence-electron chi connectivity index (χ0n) is 13.5. The number of hydrogen-bond donors (Lipinski definition) is 1. The minimum Gasteiger partial charge on any atom is -0.326 e. The molecule has 0 saturated carbocycles. The molecule has 3 aromatic heterocycles. The molecule has 0 unspecified atom stereocenters. The van der Waals surface area contributed by atoms with Gasteiger partial charge in [0.15, 0.2) is 0 Å². The fourth-order valence-corrected chi connectivity index (χ4v) is 4.16. The SMILES string of the molecule is Cc1ccc(-c2nc3cccnc3s2)cc1NC(=O)Cc1cccs1. The van der Waals surface area contributed by atoms with Crippen LogP contribution in [0.5, 0.6) is 0 Å². The highest BCUT2D eigenvalue weighted by Crippen LogP contribution is 2.31. The summed E-state index contributed by atoms with van der Waals surface area (Å²) < 4.78 is 0. The molecule has 4 rings (SSSR count). The highest BCUT2D eigenvalue weighted by molar-refractivity contribution is 7.21. The normalized spacial score (nSPS) is 10.9. The summed E-state index contributed by atoms with van der Waals surface area (Å²) in [6, 6.07) is 13.8. The highest BCUT2D eigenvalue weighted by atomic mass is 32.1. The Balaban J connectivity index is 1.60. The van der Waals surface area contributed by atoms with E-state index in [-0.39, 0.29) is 5.91 Å². The van der Waals surface area contributed by atoms with Crippen LogP contribution < -0.4 is 5.32 Å². The van der Waals surface area contributed by atoms with Crippen molar-refractivity contribution >= 4 is 44.6 Å². The lowest BCUT2D eigenvalue weighted by Gasteiger charge is -2.09. The molecule has 124 valence electrons. The molecule has 0 bridgehead atoms. The van der Waals surface area contributed by atoms with E-state index in [4.69, 9.17) is 0 Å². The van der Waals surface area contributed by atoms with Gasteiger partial charge in [-0.25, -0.2) is 9.97 Å². The Bertz CT molecular complexity index is 1000. The number of aryl methyl sites for hydroxylation is 1. The molecule has 0 spiro atoms. The number of pyridine rings is 1. The van der Waals surface area contributed by atoms with E-state index < -0.39 is 0 Å². The Kier molecular flexibility index (Phi) is 4.29. The number of hydrogen-bond acceptors (Lipinski definition) is 5. The van der Waals surface area contributed by atoms with Crippen LogP contribution in [0.25, 0.3) is 20.9 Å². The van der Waals surface area contributed by atoms with Crippen LogP contribution in [0.15, 0.2) is 54.0 Å². The van der Waals surface area contributed by atoms with E-state index in [0.717, 1.165) is 37.0 Å². The van der Waals surface area contributed by atoms with Crippen LogP contribution in [-0.2, 0) is 11.2 Å². The molecule has 0 aliphatic rings. The van der Waals surface area contributed by atoms with Gasteiger partial charge in [0.2, 0.25) is 5.91 Å². The largest absolute Gasteiger partial charge is 0.326 e. The van der Waals surface area contributed by atoms with E-state index in [1.54, 1.807) is 28.9 Å². The molecule has 0 saturated heterocycles. The van der Waals surface area contributed by atoms with Crippen LogP contribution in [0.3, 0.4) is 0 Å². The summed E-state index contributed by atoms with van der Waals surface area (Å²) >= 11 is 3.15. The third-order valence-electron chi connectivity index (χ3n) is 3.84. The second kappa shape index (κ2) is 6.74. The molecule has 1 N–H and O–H groups in total. The van der Waals surface area contributed by atoms with Crippen molar-refractivity contribution in [2.24, 2.45) is 0 Å². The number of nitrogens with zero attached hydrogens (tertiary/aromatic N) is 2. The van der Waals surface area contributed by atoms with Crippen molar-refractivity contribution in [3.05, 3.63) is 64.5 Å². The number of carbonyl (C=O) groups excluding carboxylic acids is 1. The Morgan fingerprint density at radius 3 is 2.92 bits per heavy atom. The number of anilines is 1. The molecule has 0 atom stereocenters. The molecule has 0 aliphatic heterocycles. The lowest BCUT2D eigenvalue weighted by atomic mass is 10.1. The van der Waals surface area contributed by atoms with Gasteiger partial charge in [-0.05, 0) is 42.1 Å². The van der Waals surface area contributed by atoms with Crippen LogP contribution in [0, 0.1) is 6.92 Å². The van der Waals surface area contributed by atoms with Crippen molar-refractivity contribution in [1.29, 1.82) is 0 Å². The Labute approximate surface area is 153 Å². The fourth-order valence-electron chi connectivity index (χ4n) is 2.55. The second-order valence-corrected chi connectivity index (χ2v) is 7.69. The Hall–Kier alpha value is -2.57. The smallest absolute Gasteiger partial charge is 0.229 e. The van der Waals surface area contributed by atoms with Crippen molar-refractivity contribution in [2.45, 2.75) is 13.3 Å². The van der Waals surface area contributed by atoms with Crippen molar-refractivity contribution in [3.63, 3.8) is 0 Å². The first-order chi connectivity index (χ1) is 12.2. The standard InChI is InChI=1S/C19H15N3OS2/c1-12-6-7-13(18-22-15-5-2-8-20-19(15)25-18)10-16(12)21-17(23)11-14-4-3-9-24-14/h2-10H,11H2,1H3,(H,21,23). The minimum atomic E-state index is -0.00586. The van der Waals surface area contributed by atoms with Gasteiger partial charge in [-0.3, -0.25) is 4.79 Å². The number of benzene rings is 1. The van der Waals surface area contributed by atoms with Crippen LogP contribution >= 0.6 is 22.7 Å². The lowest BCUT2D eigenvalue weighted by molar-refractivity contribution is -0.115. The Morgan fingerprint density at radius 1 is 1.20 bits per heavy atom. The number of thiophene rings is 1. The van der Waals surface area contributed by atoms with Gasteiger partial charge in [0.05, 0.1) is 6.42 Å². The van der Waals surface area contributed by atoms with E-state index in [2.05, 4.69) is 15.3 Å². The van der Waals surface area contributed by atoms with Crippen molar-refractivity contribution < 1.29 is 4.79 Å². The third kappa shape index (κ3) is 3.45. The number of amides is 1. The van der Waals surface area contributed by atoms with E-state index in [1.165, 1.54) is 0 Å². The second-order valence-electron chi connectivity index (χ2n) is 5.68. The molecule has 3 heterocycles. The van der Waals surface area contributed by atoms with Crippen LogP contribution in [-0.4, -0.2) is 15.9 Å². The topological polar surface area (TPSA) is 54.9 Å². The van der Waals surface area contributed by atoms with Crippen molar-refractivity contribution in [2.75, 3.05) is 5.32 Å². The van der Waals surface area contributed by atoms with Crippen LogP contribution in [0.4, 0.5) is 5.69 Å². The maximum atomic E-state index is 12.3. The number of carbonyl (C=O) groups is 1.